The van der Waals surface area contributed by atoms with Gasteiger partial charge in [0.25, 0.3) is 0 Å². The largest absolute Gasteiger partial charge is 0.496 e. The lowest BCUT2D eigenvalue weighted by Gasteiger charge is -2.26. The summed E-state index contributed by atoms with van der Waals surface area (Å²) in [4.78, 5) is 12.0. The predicted molar refractivity (Wildman–Crippen MR) is 68.4 cm³/mol. The highest BCUT2D eigenvalue weighted by atomic mass is 19.1. The van der Waals surface area contributed by atoms with Crippen LogP contribution in [-0.4, -0.2) is 27.2 Å². The van der Waals surface area contributed by atoms with Crippen LogP contribution in [0.25, 0.3) is 0 Å². The van der Waals surface area contributed by atoms with Crippen molar-refractivity contribution in [3.63, 3.8) is 0 Å². The van der Waals surface area contributed by atoms with Gasteiger partial charge >= 0.3 is 5.97 Å². The van der Waals surface area contributed by atoms with Gasteiger partial charge < -0.3 is 14.8 Å². The van der Waals surface area contributed by atoms with Crippen LogP contribution in [0.2, 0.25) is 0 Å². The van der Waals surface area contributed by atoms with Crippen molar-refractivity contribution in [3.8, 4) is 5.75 Å². The van der Waals surface area contributed by atoms with Crippen LogP contribution in [0.4, 0.5) is 4.39 Å². The van der Waals surface area contributed by atoms with Crippen LogP contribution in [0.3, 0.4) is 0 Å². The summed E-state index contributed by atoms with van der Waals surface area (Å²) in [5.74, 6) is -0.0502. The molecular weight excluding hydrogens is 249 g/mol. The molecule has 0 saturated heterocycles. The Hall–Kier alpha value is -1.62. The molecule has 0 heterocycles. The molecule has 104 valence electrons. The molecule has 0 aliphatic heterocycles. The average molecular weight is 267 g/mol. The Morgan fingerprint density at radius 3 is 2.58 bits per heavy atom. The Balaban J connectivity index is 2.43. The van der Waals surface area contributed by atoms with E-state index in [1.165, 1.54) is 26.4 Å². The number of methoxy groups -OCH3 is 2. The van der Waals surface area contributed by atoms with Gasteiger partial charge in [-0.2, -0.15) is 0 Å². The zero-order valence-corrected chi connectivity index (χ0v) is 11.3. The third-order valence-electron chi connectivity index (χ3n) is 3.72. The minimum absolute atomic E-state index is 0.266. The van der Waals surface area contributed by atoms with E-state index < -0.39 is 5.41 Å². The van der Waals surface area contributed by atoms with Crippen molar-refractivity contribution in [1.29, 1.82) is 0 Å². The zero-order chi connectivity index (χ0) is 14.0. The van der Waals surface area contributed by atoms with Crippen LogP contribution in [-0.2, 0) is 9.53 Å². The first-order chi connectivity index (χ1) is 9.08. The van der Waals surface area contributed by atoms with E-state index in [0.29, 0.717) is 11.3 Å². The number of hydrogen-bond donors (Lipinski definition) is 1. The fraction of sp³-hybridized carbons (Fsp3) is 0.500. The highest BCUT2D eigenvalue weighted by Gasteiger charge is 2.57. The summed E-state index contributed by atoms with van der Waals surface area (Å²) < 4.78 is 23.6. The minimum atomic E-state index is -0.607. The van der Waals surface area contributed by atoms with Crippen LogP contribution in [0.15, 0.2) is 18.2 Å². The fourth-order valence-corrected chi connectivity index (χ4v) is 2.61. The molecule has 0 radical (unpaired) electrons. The van der Waals surface area contributed by atoms with Gasteiger partial charge in [-0.05, 0) is 38.1 Å². The Morgan fingerprint density at radius 2 is 2.11 bits per heavy atom. The van der Waals surface area contributed by atoms with Gasteiger partial charge in [-0.1, -0.05) is 0 Å². The van der Waals surface area contributed by atoms with E-state index in [1.807, 2.05) is 0 Å². The number of rotatable bonds is 5. The predicted octanol–water partition coefficient (Wildman–Crippen LogP) is 2.05. The van der Waals surface area contributed by atoms with Gasteiger partial charge in [0, 0.05) is 5.56 Å². The SMILES string of the molecule is CNC(c1cc(F)ccc1OC)C1(C(=O)OC)CC1. The first kappa shape index (κ1) is 13.8. The van der Waals surface area contributed by atoms with E-state index in [0.717, 1.165) is 12.8 Å². The topological polar surface area (TPSA) is 47.6 Å². The van der Waals surface area contributed by atoms with E-state index in [2.05, 4.69) is 5.32 Å². The fourth-order valence-electron chi connectivity index (χ4n) is 2.61. The van der Waals surface area contributed by atoms with E-state index in [9.17, 15) is 9.18 Å². The molecule has 0 aromatic heterocycles. The number of esters is 1. The van der Waals surface area contributed by atoms with Gasteiger partial charge in [0.2, 0.25) is 0 Å². The molecule has 5 heteroatoms. The van der Waals surface area contributed by atoms with E-state index in [4.69, 9.17) is 9.47 Å². The maximum absolute atomic E-state index is 13.5. The van der Waals surface area contributed by atoms with E-state index in [1.54, 1.807) is 13.1 Å². The van der Waals surface area contributed by atoms with Gasteiger partial charge in [-0.3, -0.25) is 4.79 Å². The monoisotopic (exact) mass is 267 g/mol. The summed E-state index contributed by atoms with van der Waals surface area (Å²) in [6.45, 7) is 0. The molecule has 1 saturated carbocycles. The number of benzene rings is 1. The normalized spacial score (nSPS) is 17.7. The lowest BCUT2D eigenvalue weighted by atomic mass is 9.89. The number of nitrogens with one attached hydrogen (secondary N) is 1. The van der Waals surface area contributed by atoms with Gasteiger partial charge in [-0.25, -0.2) is 4.39 Å². The average Bonchev–Trinajstić information content (AvgIpc) is 3.20. The lowest BCUT2D eigenvalue weighted by Crippen LogP contribution is -2.33. The quantitative estimate of drug-likeness (QED) is 0.829. The molecule has 1 fully saturated rings. The Kier molecular flexibility index (Phi) is 3.75. The summed E-state index contributed by atoms with van der Waals surface area (Å²) in [6.07, 6.45) is 1.45. The number of hydrogen-bond acceptors (Lipinski definition) is 4. The second-order valence-corrected chi connectivity index (χ2v) is 4.76. The zero-order valence-electron chi connectivity index (χ0n) is 11.3. The lowest BCUT2D eigenvalue weighted by molar-refractivity contribution is -0.148. The van der Waals surface area contributed by atoms with Crippen molar-refractivity contribution in [2.45, 2.75) is 18.9 Å². The summed E-state index contributed by atoms with van der Waals surface area (Å²) in [5.41, 5.74) is 0.0396. The summed E-state index contributed by atoms with van der Waals surface area (Å²) in [6, 6.07) is 4.00. The molecule has 1 aromatic rings. The summed E-state index contributed by atoms with van der Waals surface area (Å²) in [7, 11) is 4.65. The smallest absolute Gasteiger partial charge is 0.313 e. The van der Waals surface area contributed by atoms with Crippen LogP contribution in [0.5, 0.6) is 5.75 Å². The van der Waals surface area contributed by atoms with Gasteiger partial charge in [0.05, 0.1) is 25.7 Å². The molecule has 19 heavy (non-hydrogen) atoms. The maximum Gasteiger partial charge on any atom is 0.313 e. The molecule has 1 aliphatic carbocycles. The van der Waals surface area contributed by atoms with Crippen molar-refractivity contribution in [1.82, 2.24) is 5.32 Å². The molecule has 4 nitrogen and oxygen atoms in total. The van der Waals surface area contributed by atoms with Crippen molar-refractivity contribution in [3.05, 3.63) is 29.6 Å². The van der Waals surface area contributed by atoms with Crippen molar-refractivity contribution in [2.75, 3.05) is 21.3 Å². The van der Waals surface area contributed by atoms with E-state index in [-0.39, 0.29) is 17.8 Å². The molecule has 1 aromatic carbocycles. The molecular formula is C14H18FNO3. The second-order valence-electron chi connectivity index (χ2n) is 4.76. The Morgan fingerprint density at radius 1 is 1.42 bits per heavy atom. The third-order valence-corrected chi connectivity index (χ3v) is 3.72. The number of carbonyl (C=O) groups is 1. The van der Waals surface area contributed by atoms with Crippen LogP contribution in [0.1, 0.15) is 24.4 Å². The molecule has 0 spiro atoms. The highest BCUT2D eigenvalue weighted by molar-refractivity contribution is 5.81. The highest BCUT2D eigenvalue weighted by Crippen LogP contribution is 2.56. The van der Waals surface area contributed by atoms with Crippen LogP contribution >= 0.6 is 0 Å². The van der Waals surface area contributed by atoms with Crippen molar-refractivity contribution in [2.24, 2.45) is 5.41 Å². The molecule has 1 N–H and O–H groups in total. The molecule has 1 unspecified atom stereocenters. The van der Waals surface area contributed by atoms with E-state index >= 15 is 0 Å². The third kappa shape index (κ3) is 2.30. The Labute approximate surface area is 111 Å². The van der Waals surface area contributed by atoms with Crippen LogP contribution < -0.4 is 10.1 Å². The van der Waals surface area contributed by atoms with Gasteiger partial charge in [0.15, 0.2) is 0 Å². The van der Waals surface area contributed by atoms with Gasteiger partial charge in [0.1, 0.15) is 11.6 Å². The number of ether oxygens (including phenoxy) is 2. The first-order valence-electron chi connectivity index (χ1n) is 6.18. The minimum Gasteiger partial charge on any atom is -0.496 e. The second kappa shape index (κ2) is 5.17. The number of carbonyl (C=O) groups excluding carboxylic acids is 1. The molecule has 1 atom stereocenters. The Bertz CT molecular complexity index is 486. The van der Waals surface area contributed by atoms with Crippen molar-refractivity contribution < 1.29 is 18.7 Å². The number of halogens is 1. The molecule has 2 rings (SSSR count). The first-order valence-corrected chi connectivity index (χ1v) is 6.18. The molecule has 0 bridgehead atoms. The summed E-state index contributed by atoms with van der Waals surface area (Å²) >= 11 is 0. The molecule has 0 amide bonds. The standard InChI is InChI=1S/C14H18FNO3/c1-16-12(14(6-7-14)13(17)19-3)10-8-9(15)4-5-11(10)18-2/h4-5,8,12,16H,6-7H2,1-3H3. The van der Waals surface area contributed by atoms with Crippen molar-refractivity contribution >= 4 is 5.97 Å². The van der Waals surface area contributed by atoms with Gasteiger partial charge in [-0.15, -0.1) is 0 Å². The summed E-state index contributed by atoms with van der Waals surface area (Å²) in [5, 5.41) is 3.09. The maximum atomic E-state index is 13.5. The van der Waals surface area contributed by atoms with Crippen LogP contribution in [0, 0.1) is 11.2 Å². The molecule has 1 aliphatic rings.